The maximum atomic E-state index is 12.3. The molecule has 0 saturated carbocycles. The number of halogens is 1. The SMILES string of the molecule is CC(C)(CNC(=O)N1CCCC(CO)C1)c1ccccc1Cl. The molecule has 1 saturated heterocycles. The Hall–Kier alpha value is -1.26. The summed E-state index contributed by atoms with van der Waals surface area (Å²) in [7, 11) is 0. The number of hydrogen-bond donors (Lipinski definition) is 2. The first kappa shape index (κ1) is 17.1. The first-order valence-electron chi connectivity index (χ1n) is 7.82. The van der Waals surface area contributed by atoms with E-state index in [4.69, 9.17) is 11.6 Å². The lowest BCUT2D eigenvalue weighted by atomic mass is 9.84. The van der Waals surface area contributed by atoms with Gasteiger partial charge in [-0.3, -0.25) is 0 Å². The molecule has 2 amide bonds. The minimum absolute atomic E-state index is 0.0571. The molecule has 5 heteroatoms. The van der Waals surface area contributed by atoms with Gasteiger partial charge in [-0.05, 0) is 30.4 Å². The lowest BCUT2D eigenvalue weighted by molar-refractivity contribution is 0.129. The van der Waals surface area contributed by atoms with E-state index in [0.29, 0.717) is 13.1 Å². The highest BCUT2D eigenvalue weighted by atomic mass is 35.5. The number of hydrogen-bond acceptors (Lipinski definition) is 2. The van der Waals surface area contributed by atoms with Crippen molar-refractivity contribution >= 4 is 17.6 Å². The van der Waals surface area contributed by atoms with Gasteiger partial charge in [-0.25, -0.2) is 4.79 Å². The van der Waals surface area contributed by atoms with Crippen LogP contribution in [-0.4, -0.2) is 42.3 Å². The summed E-state index contributed by atoms with van der Waals surface area (Å²) in [4.78, 5) is 14.1. The van der Waals surface area contributed by atoms with Gasteiger partial charge < -0.3 is 15.3 Å². The summed E-state index contributed by atoms with van der Waals surface area (Å²) in [5.74, 6) is 0.205. The van der Waals surface area contributed by atoms with Gasteiger partial charge in [-0.2, -0.15) is 0 Å². The largest absolute Gasteiger partial charge is 0.396 e. The third kappa shape index (κ3) is 4.14. The van der Waals surface area contributed by atoms with Crippen LogP contribution in [0.1, 0.15) is 32.3 Å². The predicted octanol–water partition coefficient (Wildman–Crippen LogP) is 3.03. The molecule has 1 atom stereocenters. The summed E-state index contributed by atoms with van der Waals surface area (Å²) < 4.78 is 0. The second kappa shape index (κ2) is 7.34. The molecule has 1 aromatic carbocycles. The normalized spacial score (nSPS) is 19.1. The maximum Gasteiger partial charge on any atom is 0.317 e. The number of nitrogens with zero attached hydrogens (tertiary/aromatic N) is 1. The van der Waals surface area contributed by atoms with E-state index in [1.807, 2.05) is 24.3 Å². The number of urea groups is 1. The van der Waals surface area contributed by atoms with Gasteiger partial charge in [0, 0.05) is 36.7 Å². The van der Waals surface area contributed by atoms with Crippen molar-refractivity contribution in [2.75, 3.05) is 26.2 Å². The molecule has 2 rings (SSSR count). The van der Waals surface area contributed by atoms with E-state index < -0.39 is 0 Å². The number of benzene rings is 1. The van der Waals surface area contributed by atoms with Gasteiger partial charge in [0.1, 0.15) is 0 Å². The van der Waals surface area contributed by atoms with Crippen LogP contribution < -0.4 is 5.32 Å². The average molecular weight is 325 g/mol. The molecule has 0 radical (unpaired) electrons. The van der Waals surface area contributed by atoms with Gasteiger partial charge in [-0.1, -0.05) is 43.6 Å². The highest BCUT2D eigenvalue weighted by Crippen LogP contribution is 2.29. The summed E-state index contributed by atoms with van der Waals surface area (Å²) in [5.41, 5.74) is 0.795. The third-order valence-corrected chi connectivity index (χ3v) is 4.68. The summed E-state index contributed by atoms with van der Waals surface area (Å²) in [6.45, 7) is 6.21. The smallest absolute Gasteiger partial charge is 0.317 e. The molecular formula is C17H25ClN2O2. The summed E-state index contributed by atoms with van der Waals surface area (Å²) >= 11 is 6.26. The van der Waals surface area contributed by atoms with Crippen LogP contribution >= 0.6 is 11.6 Å². The molecule has 1 aliphatic rings. The molecule has 0 aliphatic carbocycles. The van der Waals surface area contributed by atoms with Gasteiger partial charge in [0.05, 0.1) is 0 Å². The van der Waals surface area contributed by atoms with Crippen molar-refractivity contribution in [1.29, 1.82) is 0 Å². The van der Waals surface area contributed by atoms with Gasteiger partial charge in [0.25, 0.3) is 0 Å². The minimum Gasteiger partial charge on any atom is -0.396 e. The van der Waals surface area contributed by atoms with Crippen LogP contribution in [0.15, 0.2) is 24.3 Å². The summed E-state index contributed by atoms with van der Waals surface area (Å²) in [6.07, 6.45) is 1.94. The monoisotopic (exact) mass is 324 g/mol. The summed E-state index contributed by atoms with van der Waals surface area (Å²) in [5, 5.41) is 13.0. The molecule has 1 fully saturated rings. The lowest BCUT2D eigenvalue weighted by Crippen LogP contribution is -2.48. The summed E-state index contributed by atoms with van der Waals surface area (Å²) in [6, 6.07) is 7.68. The number of piperidine rings is 1. The number of rotatable bonds is 4. The van der Waals surface area contributed by atoms with Crippen LogP contribution in [0.3, 0.4) is 0 Å². The number of aliphatic hydroxyl groups excluding tert-OH is 1. The second-order valence-corrected chi connectivity index (χ2v) is 7.07. The molecule has 1 unspecified atom stereocenters. The molecule has 4 nitrogen and oxygen atoms in total. The Kier molecular flexibility index (Phi) is 5.70. The Bertz CT molecular complexity index is 519. The van der Waals surface area contributed by atoms with E-state index in [2.05, 4.69) is 19.2 Å². The molecule has 2 N–H and O–H groups in total. The van der Waals surface area contributed by atoms with E-state index >= 15 is 0 Å². The fourth-order valence-corrected chi connectivity index (χ4v) is 3.30. The first-order chi connectivity index (χ1) is 10.4. The van der Waals surface area contributed by atoms with Gasteiger partial charge in [-0.15, -0.1) is 0 Å². The van der Waals surface area contributed by atoms with Crippen LogP contribution in [0.4, 0.5) is 4.79 Å². The number of nitrogens with one attached hydrogen (secondary N) is 1. The average Bonchev–Trinajstić information content (AvgIpc) is 2.53. The zero-order valence-electron chi connectivity index (χ0n) is 13.3. The standard InChI is InChI=1S/C17H25ClN2O2/c1-17(2,14-7-3-4-8-15(14)18)12-19-16(22)20-9-5-6-13(10-20)11-21/h3-4,7-8,13,21H,5-6,9-12H2,1-2H3,(H,19,22). The highest BCUT2D eigenvalue weighted by Gasteiger charge is 2.27. The van der Waals surface area contributed by atoms with E-state index in [1.165, 1.54) is 0 Å². The van der Waals surface area contributed by atoms with Gasteiger partial charge in [0.15, 0.2) is 0 Å². The third-order valence-electron chi connectivity index (χ3n) is 4.35. The van der Waals surface area contributed by atoms with Crippen molar-refractivity contribution in [3.63, 3.8) is 0 Å². The van der Waals surface area contributed by atoms with E-state index in [0.717, 1.165) is 30.0 Å². The Morgan fingerprint density at radius 1 is 1.45 bits per heavy atom. The molecule has 1 aromatic rings. The van der Waals surface area contributed by atoms with Crippen LogP contribution in [0.5, 0.6) is 0 Å². The quantitative estimate of drug-likeness (QED) is 0.894. The zero-order chi connectivity index (χ0) is 16.2. The van der Waals surface area contributed by atoms with Crippen LogP contribution in [0.25, 0.3) is 0 Å². The lowest BCUT2D eigenvalue weighted by Gasteiger charge is -2.33. The molecule has 0 aromatic heterocycles. The van der Waals surface area contributed by atoms with E-state index in [9.17, 15) is 9.90 Å². The van der Waals surface area contributed by atoms with E-state index in [-0.39, 0.29) is 24.0 Å². The van der Waals surface area contributed by atoms with Crippen molar-refractivity contribution in [1.82, 2.24) is 10.2 Å². The minimum atomic E-state index is -0.236. The van der Waals surface area contributed by atoms with E-state index in [1.54, 1.807) is 4.90 Å². The van der Waals surface area contributed by atoms with Crippen molar-refractivity contribution in [2.24, 2.45) is 5.92 Å². The molecule has 1 heterocycles. The molecule has 0 spiro atoms. The van der Waals surface area contributed by atoms with Gasteiger partial charge in [0.2, 0.25) is 0 Å². The molecular weight excluding hydrogens is 300 g/mol. The van der Waals surface area contributed by atoms with Crippen molar-refractivity contribution in [2.45, 2.75) is 32.1 Å². The number of amides is 2. The van der Waals surface area contributed by atoms with Crippen molar-refractivity contribution in [3.05, 3.63) is 34.9 Å². The van der Waals surface area contributed by atoms with Crippen LogP contribution in [0.2, 0.25) is 5.02 Å². The molecule has 122 valence electrons. The fourth-order valence-electron chi connectivity index (χ4n) is 2.91. The predicted molar refractivity (Wildman–Crippen MR) is 89.3 cm³/mol. The second-order valence-electron chi connectivity index (χ2n) is 6.66. The van der Waals surface area contributed by atoms with Crippen molar-refractivity contribution < 1.29 is 9.90 Å². The Labute approximate surface area is 137 Å². The molecule has 1 aliphatic heterocycles. The topological polar surface area (TPSA) is 52.6 Å². The zero-order valence-corrected chi connectivity index (χ0v) is 14.1. The number of carbonyl (C=O) groups excluding carboxylic acids is 1. The van der Waals surface area contributed by atoms with Crippen molar-refractivity contribution in [3.8, 4) is 0 Å². The van der Waals surface area contributed by atoms with Gasteiger partial charge >= 0.3 is 6.03 Å². The Balaban J connectivity index is 1.94. The number of carbonyl (C=O) groups is 1. The maximum absolute atomic E-state index is 12.3. The fraction of sp³-hybridized carbons (Fsp3) is 0.588. The molecule has 0 bridgehead atoms. The highest BCUT2D eigenvalue weighted by molar-refractivity contribution is 6.31. The number of likely N-dealkylation sites (tertiary alicyclic amines) is 1. The molecule has 22 heavy (non-hydrogen) atoms. The van der Waals surface area contributed by atoms with Crippen LogP contribution in [0, 0.1) is 5.92 Å². The number of aliphatic hydroxyl groups is 1. The van der Waals surface area contributed by atoms with Crippen LogP contribution in [-0.2, 0) is 5.41 Å². The Morgan fingerprint density at radius 2 is 2.18 bits per heavy atom. The Morgan fingerprint density at radius 3 is 2.86 bits per heavy atom. The first-order valence-corrected chi connectivity index (χ1v) is 8.20.